The van der Waals surface area contributed by atoms with Crippen molar-refractivity contribution in [3.8, 4) is 39.1 Å². The molecule has 0 bridgehead atoms. The van der Waals surface area contributed by atoms with Crippen LogP contribution in [0.1, 0.15) is 0 Å². The van der Waals surface area contributed by atoms with E-state index in [0.29, 0.717) is 0 Å². The van der Waals surface area contributed by atoms with Crippen LogP contribution in [0.3, 0.4) is 0 Å². The van der Waals surface area contributed by atoms with Crippen LogP contribution in [0.25, 0.3) is 93.6 Å². The van der Waals surface area contributed by atoms with Crippen LogP contribution >= 0.6 is 0 Å². The number of nitrogens with zero attached hydrogens (tertiary/aromatic N) is 2. The molecule has 3 nitrogen and oxygen atoms in total. The Bertz CT molecular complexity index is 3570. The minimum absolute atomic E-state index is 0.839. The molecule has 0 unspecified atom stereocenters. The highest BCUT2D eigenvalue weighted by Gasteiger charge is 2.25. The third-order valence-corrected chi connectivity index (χ3v) is 12.2. The van der Waals surface area contributed by atoms with Crippen LogP contribution in [0.4, 0.5) is 17.1 Å². The second-order valence-corrected chi connectivity index (χ2v) is 15.7. The van der Waals surface area contributed by atoms with E-state index in [4.69, 9.17) is 4.42 Å². The van der Waals surface area contributed by atoms with Crippen LogP contribution in [0, 0.1) is 0 Å². The van der Waals surface area contributed by atoms with E-state index in [0.717, 1.165) is 77.7 Å². The van der Waals surface area contributed by atoms with Gasteiger partial charge in [-0.25, -0.2) is 0 Å². The summed E-state index contributed by atoms with van der Waals surface area (Å²) in [4.78, 5) is 2.40. The van der Waals surface area contributed by atoms with E-state index in [2.05, 4.69) is 240 Å². The number of hydrogen-bond acceptors (Lipinski definition) is 2. The van der Waals surface area contributed by atoms with Crippen molar-refractivity contribution in [1.82, 2.24) is 4.57 Å². The number of furan rings is 1. The molecule has 12 aromatic rings. The van der Waals surface area contributed by atoms with Crippen LogP contribution in [-0.4, -0.2) is 4.57 Å². The molecule has 0 aliphatic carbocycles. The molecule has 0 spiro atoms. The third kappa shape index (κ3) is 5.74. The molecule has 0 N–H and O–H groups in total. The average Bonchev–Trinajstić information content (AvgIpc) is 3.90. The van der Waals surface area contributed by atoms with Crippen molar-refractivity contribution < 1.29 is 4.42 Å². The summed E-state index contributed by atoms with van der Waals surface area (Å²) in [5.74, 6) is 0. The topological polar surface area (TPSA) is 21.3 Å². The maximum Gasteiger partial charge on any atom is 0.144 e. The van der Waals surface area contributed by atoms with Crippen LogP contribution in [0.5, 0.6) is 0 Å². The van der Waals surface area contributed by atoms with Crippen molar-refractivity contribution in [1.29, 1.82) is 0 Å². The molecule has 0 aliphatic rings. The van der Waals surface area contributed by atoms with E-state index in [-0.39, 0.29) is 0 Å². The minimum Gasteiger partial charge on any atom is -0.455 e. The molecule has 2 aromatic heterocycles. The van der Waals surface area contributed by atoms with Crippen LogP contribution in [0.15, 0.2) is 235 Å². The number of para-hydroxylation sites is 3. The van der Waals surface area contributed by atoms with Crippen molar-refractivity contribution in [2.45, 2.75) is 0 Å². The lowest BCUT2D eigenvalue weighted by Gasteiger charge is -2.27. The van der Waals surface area contributed by atoms with Crippen molar-refractivity contribution in [3.05, 3.63) is 231 Å². The van der Waals surface area contributed by atoms with Gasteiger partial charge in [-0.1, -0.05) is 170 Å². The van der Waals surface area contributed by atoms with Gasteiger partial charge in [0, 0.05) is 44.3 Å². The fourth-order valence-corrected chi connectivity index (χ4v) is 9.43. The first-order chi connectivity index (χ1) is 30.3. The number of rotatable bonds is 7. The molecule has 61 heavy (non-hydrogen) atoms. The van der Waals surface area contributed by atoms with Gasteiger partial charge in [0.05, 0.1) is 22.1 Å². The zero-order valence-corrected chi connectivity index (χ0v) is 33.2. The summed E-state index contributed by atoms with van der Waals surface area (Å²) in [5.41, 5.74) is 15.2. The lowest BCUT2D eigenvalue weighted by Crippen LogP contribution is -2.10. The van der Waals surface area contributed by atoms with E-state index in [1.165, 1.54) is 33.0 Å². The van der Waals surface area contributed by atoms with Crippen molar-refractivity contribution in [2.24, 2.45) is 0 Å². The summed E-state index contributed by atoms with van der Waals surface area (Å²) in [6.45, 7) is 0. The Kier molecular flexibility index (Phi) is 8.17. The fraction of sp³-hybridized carbons (Fsp3) is 0. The first-order valence-electron chi connectivity index (χ1n) is 20.8. The van der Waals surface area contributed by atoms with Crippen LogP contribution in [0.2, 0.25) is 0 Å². The maximum atomic E-state index is 7.21. The molecular weight excluding hydrogens is 741 g/mol. The van der Waals surface area contributed by atoms with Gasteiger partial charge in [-0.15, -0.1) is 0 Å². The SMILES string of the molecule is c1ccc(-c2ccc(N(c3cccc(-c4ccccc4)c3)c3cccc4oc5c(-c6cccc7c8ccccc8n(-c8ccccc8)c67)cc6ccccc6c5c34)cc2)cc1. The van der Waals surface area contributed by atoms with Gasteiger partial charge in [-0.2, -0.15) is 0 Å². The standard InChI is InChI=1S/C58H38N2O/c1-4-17-39(18-5-1)41-33-35-45(36-34-41)59(46-25-14-22-42(37-46)40-19-6-2-7-20-40)53-31-16-32-54-56(53)55-47-26-11-10-21-43(47)38-51(58(55)61-54)50-29-15-28-49-48-27-12-13-30-52(48)60(57(49)50)44-23-8-3-9-24-44/h1-38H. The molecule has 0 aliphatic heterocycles. The molecular formula is C58H38N2O. The number of benzene rings is 10. The van der Waals surface area contributed by atoms with Gasteiger partial charge in [-0.05, 0) is 93.7 Å². The molecule has 286 valence electrons. The van der Waals surface area contributed by atoms with Gasteiger partial charge in [0.2, 0.25) is 0 Å². The number of hydrogen-bond donors (Lipinski definition) is 0. The summed E-state index contributed by atoms with van der Waals surface area (Å²) in [5, 5.41) is 6.91. The van der Waals surface area contributed by atoms with Gasteiger partial charge in [-0.3, -0.25) is 0 Å². The molecule has 0 saturated carbocycles. The monoisotopic (exact) mass is 778 g/mol. The van der Waals surface area contributed by atoms with Crippen molar-refractivity contribution in [3.63, 3.8) is 0 Å². The van der Waals surface area contributed by atoms with Crippen molar-refractivity contribution >= 4 is 71.6 Å². The largest absolute Gasteiger partial charge is 0.455 e. The fourth-order valence-electron chi connectivity index (χ4n) is 9.43. The molecule has 0 saturated heterocycles. The molecule has 0 atom stereocenters. The highest BCUT2D eigenvalue weighted by atomic mass is 16.3. The normalized spacial score (nSPS) is 11.6. The predicted molar refractivity (Wildman–Crippen MR) is 257 cm³/mol. The smallest absolute Gasteiger partial charge is 0.144 e. The first-order valence-corrected chi connectivity index (χ1v) is 20.8. The number of fused-ring (bicyclic) bond motifs is 8. The predicted octanol–water partition coefficient (Wildman–Crippen LogP) is 16.3. The summed E-state index contributed by atoms with van der Waals surface area (Å²) in [6.07, 6.45) is 0. The lowest BCUT2D eigenvalue weighted by molar-refractivity contribution is 0.670. The molecule has 12 rings (SSSR count). The first kappa shape index (κ1) is 34.9. The van der Waals surface area contributed by atoms with Gasteiger partial charge < -0.3 is 13.9 Å². The van der Waals surface area contributed by atoms with Gasteiger partial charge in [0.15, 0.2) is 0 Å². The zero-order valence-electron chi connectivity index (χ0n) is 33.2. The van der Waals surface area contributed by atoms with Gasteiger partial charge in [0.1, 0.15) is 11.2 Å². The highest BCUT2D eigenvalue weighted by molar-refractivity contribution is 6.27. The second kappa shape index (κ2) is 14.3. The summed E-state index contributed by atoms with van der Waals surface area (Å²) in [7, 11) is 0. The Morgan fingerprint density at radius 2 is 0.984 bits per heavy atom. The summed E-state index contributed by atoms with van der Waals surface area (Å²) < 4.78 is 9.62. The van der Waals surface area contributed by atoms with Gasteiger partial charge in [0.25, 0.3) is 0 Å². The summed E-state index contributed by atoms with van der Waals surface area (Å²) >= 11 is 0. The number of anilines is 3. The minimum atomic E-state index is 0.839. The zero-order chi connectivity index (χ0) is 40.3. The third-order valence-electron chi connectivity index (χ3n) is 12.2. The Morgan fingerprint density at radius 3 is 1.77 bits per heavy atom. The van der Waals surface area contributed by atoms with E-state index < -0.39 is 0 Å². The molecule has 3 heteroatoms. The van der Waals surface area contributed by atoms with Gasteiger partial charge >= 0.3 is 0 Å². The Labute approximate surface area is 353 Å². The molecule has 0 radical (unpaired) electrons. The lowest BCUT2D eigenvalue weighted by atomic mass is 9.94. The quantitative estimate of drug-likeness (QED) is 0.161. The second-order valence-electron chi connectivity index (χ2n) is 15.7. The van der Waals surface area contributed by atoms with E-state index >= 15 is 0 Å². The maximum absolute atomic E-state index is 7.21. The van der Waals surface area contributed by atoms with E-state index in [9.17, 15) is 0 Å². The van der Waals surface area contributed by atoms with Crippen LogP contribution < -0.4 is 4.90 Å². The molecule has 0 fully saturated rings. The summed E-state index contributed by atoms with van der Waals surface area (Å²) in [6, 6.07) is 82.7. The molecule has 2 heterocycles. The van der Waals surface area contributed by atoms with E-state index in [1.807, 2.05) is 0 Å². The number of aromatic nitrogens is 1. The van der Waals surface area contributed by atoms with E-state index in [1.54, 1.807) is 0 Å². The highest BCUT2D eigenvalue weighted by Crippen LogP contribution is 2.49. The Morgan fingerprint density at radius 1 is 0.377 bits per heavy atom. The van der Waals surface area contributed by atoms with Crippen LogP contribution in [-0.2, 0) is 0 Å². The Balaban J connectivity index is 1.15. The Hall–Kier alpha value is -8.14. The average molecular weight is 779 g/mol. The molecule has 0 amide bonds. The molecule has 10 aromatic carbocycles. The van der Waals surface area contributed by atoms with Crippen molar-refractivity contribution in [2.75, 3.05) is 4.90 Å².